The summed E-state index contributed by atoms with van der Waals surface area (Å²) in [7, 11) is 0. The number of aliphatic carboxylic acids is 1. The van der Waals surface area contributed by atoms with Gasteiger partial charge in [-0.3, -0.25) is 29.4 Å². The highest BCUT2D eigenvalue weighted by atomic mass is 16.6. The average molecular weight is 639 g/mol. The highest BCUT2D eigenvalue weighted by molar-refractivity contribution is 6.16. The number of imidazole rings is 1. The summed E-state index contributed by atoms with van der Waals surface area (Å²) in [6, 6.07) is 10.9. The van der Waals surface area contributed by atoms with E-state index in [1.54, 1.807) is 37.3 Å². The number of aliphatic hydroxyl groups excluding tert-OH is 1. The first kappa shape index (κ1) is 35.5. The molecule has 1 aromatic heterocycles. The van der Waals surface area contributed by atoms with E-state index in [1.165, 1.54) is 43.7 Å². The predicted molar refractivity (Wildman–Crippen MR) is 164 cm³/mol. The highest BCUT2D eigenvalue weighted by Gasteiger charge is 2.51. The Morgan fingerprint density at radius 2 is 1.78 bits per heavy atom. The van der Waals surface area contributed by atoms with Gasteiger partial charge in [-0.2, -0.15) is 0 Å². The summed E-state index contributed by atoms with van der Waals surface area (Å²) in [5, 5.41) is 32.0. The van der Waals surface area contributed by atoms with Crippen molar-refractivity contribution in [2.45, 2.75) is 63.3 Å². The fourth-order valence-corrected chi connectivity index (χ4v) is 4.79. The Hall–Kier alpha value is -4.99. The molecule has 246 valence electrons. The van der Waals surface area contributed by atoms with Gasteiger partial charge in [0.25, 0.3) is 11.6 Å². The van der Waals surface area contributed by atoms with Crippen molar-refractivity contribution in [1.29, 1.82) is 0 Å². The van der Waals surface area contributed by atoms with Crippen molar-refractivity contribution in [3.8, 4) is 5.75 Å². The van der Waals surface area contributed by atoms with Gasteiger partial charge in [0.1, 0.15) is 18.4 Å². The van der Waals surface area contributed by atoms with Gasteiger partial charge in [-0.1, -0.05) is 50.6 Å². The molecule has 0 saturated heterocycles. The predicted octanol–water partition coefficient (Wildman–Crippen LogP) is 1.38. The number of Topliss-reactive ketones (excluding diaryl/α,β-unsaturated/α-hetero) is 1. The monoisotopic (exact) mass is 638 g/mol. The van der Waals surface area contributed by atoms with Gasteiger partial charge in [-0.05, 0) is 30.0 Å². The molecule has 2 aromatic carbocycles. The zero-order chi connectivity index (χ0) is 34.0. The third kappa shape index (κ3) is 8.80. The third-order valence-corrected chi connectivity index (χ3v) is 7.71. The van der Waals surface area contributed by atoms with Gasteiger partial charge in [0.05, 0.1) is 29.5 Å². The Balaban J connectivity index is 1.94. The van der Waals surface area contributed by atoms with E-state index in [4.69, 9.17) is 16.2 Å². The number of nitrogens with zero attached hydrogens (tertiary/aromatic N) is 3. The summed E-state index contributed by atoms with van der Waals surface area (Å²) in [5.41, 5.74) is 10.8. The number of para-hydroxylation sites is 1. The van der Waals surface area contributed by atoms with Crippen LogP contribution < -0.4 is 16.2 Å². The molecule has 0 aliphatic carbocycles. The molecule has 0 spiro atoms. The van der Waals surface area contributed by atoms with Gasteiger partial charge in [0, 0.05) is 30.8 Å². The Labute approximate surface area is 264 Å². The van der Waals surface area contributed by atoms with Gasteiger partial charge < -0.3 is 31.4 Å². The van der Waals surface area contributed by atoms with Crippen LogP contribution >= 0.6 is 0 Å². The van der Waals surface area contributed by atoms with Gasteiger partial charge >= 0.3 is 5.97 Å². The van der Waals surface area contributed by atoms with E-state index >= 15 is 0 Å². The van der Waals surface area contributed by atoms with Crippen LogP contribution in [0.4, 0.5) is 5.69 Å². The van der Waals surface area contributed by atoms with Crippen LogP contribution in [0.25, 0.3) is 0 Å². The number of aromatic nitrogens is 2. The first-order chi connectivity index (χ1) is 21.8. The molecule has 2 unspecified atom stereocenters. The summed E-state index contributed by atoms with van der Waals surface area (Å²) in [4.78, 5) is 71.9. The molecular weight excluding hydrogens is 600 g/mol. The maximum absolute atomic E-state index is 14.3. The number of nitro groups is 1. The minimum absolute atomic E-state index is 0.00338. The van der Waals surface area contributed by atoms with E-state index in [1.807, 2.05) is 0 Å². The molecule has 0 bridgehead atoms. The summed E-state index contributed by atoms with van der Waals surface area (Å²) in [6.07, 6.45) is 0.0901. The Bertz CT molecular complexity index is 1500. The zero-order valence-electron chi connectivity index (χ0n) is 25.4. The molecule has 0 aliphatic heterocycles. The topological polar surface area (TPSA) is 245 Å². The van der Waals surface area contributed by atoms with Crippen LogP contribution in [0.5, 0.6) is 5.75 Å². The maximum atomic E-state index is 14.3. The van der Waals surface area contributed by atoms with Gasteiger partial charge in [0.2, 0.25) is 5.91 Å². The van der Waals surface area contributed by atoms with Gasteiger partial charge in [-0.15, -0.1) is 0 Å². The summed E-state index contributed by atoms with van der Waals surface area (Å²) in [6.45, 7) is 2.51. The fourth-order valence-electron chi connectivity index (χ4n) is 4.79. The lowest BCUT2D eigenvalue weighted by Crippen LogP contribution is -2.67. The number of carbonyl (C=O) groups is 4. The van der Waals surface area contributed by atoms with Crippen molar-refractivity contribution < 1.29 is 39.1 Å². The molecule has 46 heavy (non-hydrogen) atoms. The van der Waals surface area contributed by atoms with E-state index in [0.29, 0.717) is 16.2 Å². The number of H-pyrrole nitrogens is 1. The van der Waals surface area contributed by atoms with E-state index in [9.17, 15) is 39.5 Å². The molecule has 0 aliphatic rings. The number of carbonyl (C=O) groups excluding carboxylic acids is 3. The van der Waals surface area contributed by atoms with Crippen molar-refractivity contribution >= 4 is 29.3 Å². The standard InChI is InChI=1S/C31H38N6O9/c1-3-19(2)28(29(41)42)36(27(40)14-25(38)24(32)13-20-9-11-22(12-10-20)37(44)45)30(43)31(33,15-21-16-34-18-35-21)26(39)17-46-23-7-5-4-6-8-23/h4-12,16,18-19,24-25,28,38H,3,13-15,17,32-33H2,1-2H3,(H,34,35)(H,41,42)/t19?,24-,25?,28-,31+/m0/s1. The molecule has 0 fully saturated rings. The summed E-state index contributed by atoms with van der Waals surface area (Å²) in [5.74, 6) is -5.33. The first-order valence-corrected chi connectivity index (χ1v) is 14.5. The largest absolute Gasteiger partial charge is 0.486 e. The van der Waals surface area contributed by atoms with Crippen LogP contribution in [-0.4, -0.2) is 83.9 Å². The lowest BCUT2D eigenvalue weighted by Gasteiger charge is -2.37. The van der Waals surface area contributed by atoms with Crippen molar-refractivity contribution in [3.05, 3.63) is 88.5 Å². The van der Waals surface area contributed by atoms with Crippen molar-refractivity contribution in [1.82, 2.24) is 14.9 Å². The summed E-state index contributed by atoms with van der Waals surface area (Å²) >= 11 is 0. The molecule has 1 heterocycles. The average Bonchev–Trinajstić information content (AvgIpc) is 3.54. The highest BCUT2D eigenvalue weighted by Crippen LogP contribution is 2.24. The Kier molecular flexibility index (Phi) is 12.2. The third-order valence-electron chi connectivity index (χ3n) is 7.71. The van der Waals surface area contributed by atoms with Crippen LogP contribution in [0.15, 0.2) is 67.1 Å². The van der Waals surface area contributed by atoms with E-state index in [2.05, 4.69) is 9.97 Å². The van der Waals surface area contributed by atoms with Crippen LogP contribution in [0.2, 0.25) is 0 Å². The number of ether oxygens (including phenoxy) is 1. The number of aromatic amines is 1. The number of imide groups is 1. The minimum atomic E-state index is -2.49. The Morgan fingerprint density at radius 3 is 2.33 bits per heavy atom. The Morgan fingerprint density at radius 1 is 1.13 bits per heavy atom. The molecule has 15 nitrogen and oxygen atoms in total. The van der Waals surface area contributed by atoms with Crippen molar-refractivity contribution in [2.24, 2.45) is 17.4 Å². The number of nitrogens with one attached hydrogen (secondary N) is 1. The fraction of sp³-hybridized carbons (Fsp3) is 0.387. The molecule has 2 amide bonds. The lowest BCUT2D eigenvalue weighted by atomic mass is 9.86. The number of hydrogen-bond acceptors (Lipinski definition) is 11. The van der Waals surface area contributed by atoms with Crippen LogP contribution in [-0.2, 0) is 32.0 Å². The second-order valence-corrected chi connectivity index (χ2v) is 11.0. The number of amides is 2. The van der Waals surface area contributed by atoms with Crippen molar-refractivity contribution in [3.63, 3.8) is 0 Å². The molecular formula is C31H38N6O9. The number of nitrogens with two attached hydrogens (primary N) is 2. The number of rotatable bonds is 17. The number of carboxylic acid groups (broad SMARTS) is 1. The number of carboxylic acids is 1. The van der Waals surface area contributed by atoms with Gasteiger partial charge in [-0.25, -0.2) is 9.78 Å². The van der Waals surface area contributed by atoms with E-state index in [-0.39, 0.29) is 24.2 Å². The molecule has 3 aromatic rings. The second-order valence-electron chi connectivity index (χ2n) is 11.0. The minimum Gasteiger partial charge on any atom is -0.486 e. The maximum Gasteiger partial charge on any atom is 0.327 e. The number of aliphatic hydroxyl groups is 1. The molecule has 3 rings (SSSR count). The van der Waals surface area contributed by atoms with Gasteiger partial charge in [0.15, 0.2) is 11.3 Å². The number of hydrogen-bond donors (Lipinski definition) is 5. The quantitative estimate of drug-likeness (QED) is 0.0800. The number of non-ortho nitro benzene ring substituents is 1. The SMILES string of the molecule is CCC(C)[C@@H](C(=O)O)N(C(=O)CC(O)[C@@H](N)Cc1ccc([N+](=O)[O-])cc1)C(=O)[C@@](N)(Cc1c[nH]cn1)C(=O)COc1ccccc1. The molecule has 5 atom stereocenters. The molecule has 7 N–H and O–H groups in total. The van der Waals surface area contributed by atoms with E-state index in [0.717, 1.165) is 0 Å². The van der Waals surface area contributed by atoms with Crippen LogP contribution in [0, 0.1) is 16.0 Å². The molecule has 0 radical (unpaired) electrons. The second kappa shape index (κ2) is 15.8. The number of benzene rings is 2. The first-order valence-electron chi connectivity index (χ1n) is 14.5. The molecule has 15 heteroatoms. The van der Waals surface area contributed by atoms with E-state index < -0.39 is 77.6 Å². The zero-order valence-corrected chi connectivity index (χ0v) is 25.4. The normalized spacial score (nSPS) is 15.1. The number of ketones is 1. The van der Waals surface area contributed by atoms with Crippen LogP contribution in [0.1, 0.15) is 37.9 Å². The summed E-state index contributed by atoms with van der Waals surface area (Å²) < 4.78 is 5.55. The number of nitro benzene ring substituents is 1. The van der Waals surface area contributed by atoms with Crippen molar-refractivity contribution in [2.75, 3.05) is 6.61 Å². The lowest BCUT2D eigenvalue weighted by molar-refractivity contribution is -0.384. The smallest absolute Gasteiger partial charge is 0.327 e. The molecule has 0 saturated carbocycles. The van der Waals surface area contributed by atoms with Crippen LogP contribution in [0.3, 0.4) is 0 Å².